The summed E-state index contributed by atoms with van der Waals surface area (Å²) in [7, 11) is 4.80. The van der Waals surface area contributed by atoms with Gasteiger partial charge >= 0.3 is 0 Å². The number of carbonyl (C=O) groups is 4. The van der Waals surface area contributed by atoms with Crippen molar-refractivity contribution in [3.05, 3.63) is 88.0 Å². The summed E-state index contributed by atoms with van der Waals surface area (Å²) in [6, 6.07) is 16.3. The van der Waals surface area contributed by atoms with Gasteiger partial charge in [0.05, 0.1) is 21.3 Å². The third-order valence-corrected chi connectivity index (χ3v) is 13.0. The first-order chi connectivity index (χ1) is 35.7. The molecule has 1 unspecified atom stereocenters. The van der Waals surface area contributed by atoms with E-state index in [0.717, 1.165) is 60.4 Å². The molecule has 6 N–H and O–H groups in total. The number of carbonyl (C=O) groups excluding carboxylic acids is 4. The number of nitrogens with two attached hydrogens (primary N) is 1. The summed E-state index contributed by atoms with van der Waals surface area (Å²) in [5.41, 5.74) is 10.2. The number of aliphatic hydroxyl groups is 1. The molecule has 0 saturated heterocycles. The lowest BCUT2D eigenvalue weighted by molar-refractivity contribution is -0.126. The number of amides is 3. The summed E-state index contributed by atoms with van der Waals surface area (Å²) >= 11 is 0. The van der Waals surface area contributed by atoms with Gasteiger partial charge in [0.1, 0.15) is 23.0 Å². The number of nitrogen functional groups attached to an aromatic ring is 1. The average molecular weight is 1080 g/mol. The second-order valence-corrected chi connectivity index (χ2v) is 22.4. The Labute approximate surface area is 469 Å². The molecule has 0 spiro atoms. The van der Waals surface area contributed by atoms with Gasteiger partial charge in [-0.1, -0.05) is 173 Å². The molecule has 13 nitrogen and oxygen atoms in total. The number of nitrogens with one attached hydrogen (secondary N) is 3. The maximum Gasteiger partial charge on any atom is 0.271 e. The molecule has 0 saturated carbocycles. The van der Waals surface area contributed by atoms with Gasteiger partial charge < -0.3 is 24.6 Å². The molecule has 77 heavy (non-hydrogen) atoms. The largest absolute Gasteiger partial charge is 0.496 e. The van der Waals surface area contributed by atoms with Crippen molar-refractivity contribution < 1.29 is 38.5 Å². The van der Waals surface area contributed by atoms with Gasteiger partial charge in [-0.15, -0.1) is 0 Å². The van der Waals surface area contributed by atoms with E-state index >= 15 is 0 Å². The first-order valence-corrected chi connectivity index (χ1v) is 27.9. The first kappa shape index (κ1) is 76.0. The highest BCUT2D eigenvalue weighted by Crippen LogP contribution is 2.31. The molecule has 0 aliphatic rings. The standard InChI is InChI=1S/C21H35NO2.C20H32N2O2.C11H22O.C9H12N2O2.C2H6O.CH4/c1-7-8-9-10-12-17(21(3,4)5)15-22-20(23)18-13-11-14-19(24-6)16(18)2;1-7-8-9-10-14-18(20(3,4)5)21-22-19(23)16-12-11-13-17(24-6)15(16)2;1-5-6-7-8-9-10(12)11(2,3)4;1-6-7(9(12)11-10)4-3-5-8(6)13-2;1-2-3;/h11,13-14,17H,7-10,12,15H2,1-6H3,(H,22,23);11-13H,7-10,14H2,1-6H3,(H,22,23);5-9H2,1-4H3;3-5H,10H2,1-2H3,(H,11,12);3H,2H2,1H3;1H4/b;21-18-;;;;. The van der Waals surface area contributed by atoms with Gasteiger partial charge in [-0.3, -0.25) is 24.6 Å². The third-order valence-electron chi connectivity index (χ3n) is 13.0. The van der Waals surface area contributed by atoms with E-state index in [4.69, 9.17) is 25.2 Å². The van der Waals surface area contributed by atoms with Crippen molar-refractivity contribution in [3.63, 3.8) is 0 Å². The van der Waals surface area contributed by atoms with Crippen LogP contribution in [0.2, 0.25) is 0 Å². The Morgan fingerprint density at radius 1 is 0.558 bits per heavy atom. The lowest BCUT2D eigenvalue weighted by atomic mass is 9.77. The number of nitrogens with zero attached hydrogens (tertiary/aromatic N) is 1. The van der Waals surface area contributed by atoms with Crippen molar-refractivity contribution in [2.45, 2.75) is 215 Å². The minimum atomic E-state index is -0.309. The quantitative estimate of drug-likeness (QED) is 0.0191. The van der Waals surface area contributed by atoms with Gasteiger partial charge in [0.2, 0.25) is 0 Å². The van der Waals surface area contributed by atoms with E-state index in [0.29, 0.717) is 39.9 Å². The number of methoxy groups -OCH3 is 3. The number of hydrogen-bond donors (Lipinski definition) is 5. The van der Waals surface area contributed by atoms with Gasteiger partial charge in [-0.25, -0.2) is 11.3 Å². The number of hydrazine groups is 1. The highest BCUT2D eigenvalue weighted by molar-refractivity contribution is 5.98. The van der Waals surface area contributed by atoms with Gasteiger partial charge in [-0.2, -0.15) is 5.10 Å². The van der Waals surface area contributed by atoms with Gasteiger partial charge in [0, 0.05) is 69.5 Å². The molecule has 1 atom stereocenters. The first-order valence-electron chi connectivity index (χ1n) is 27.9. The van der Waals surface area contributed by atoms with Crippen molar-refractivity contribution in [1.82, 2.24) is 16.2 Å². The van der Waals surface area contributed by atoms with Crippen molar-refractivity contribution in [3.8, 4) is 17.2 Å². The molecule has 3 amide bonds. The molecule has 3 aromatic rings. The summed E-state index contributed by atoms with van der Waals surface area (Å²) < 4.78 is 15.6. The number of ketones is 1. The Morgan fingerprint density at radius 3 is 1.29 bits per heavy atom. The molecule has 3 aromatic carbocycles. The molecule has 0 radical (unpaired) electrons. The summed E-state index contributed by atoms with van der Waals surface area (Å²) in [5.74, 6) is 7.56. The van der Waals surface area contributed by atoms with Crippen LogP contribution in [-0.2, 0) is 4.79 Å². The molecule has 0 aromatic heterocycles. The molecule has 3 rings (SSSR count). The zero-order chi connectivity index (χ0) is 58.5. The van der Waals surface area contributed by atoms with E-state index in [9.17, 15) is 19.2 Å². The molecule has 13 heteroatoms. The maximum absolute atomic E-state index is 12.6. The number of Topliss-reactive ketones (excluding diaryl/α,β-unsaturated/α-hetero) is 1. The fourth-order valence-electron chi connectivity index (χ4n) is 7.88. The fraction of sp³-hybridized carbons (Fsp3) is 0.641. The lowest BCUT2D eigenvalue weighted by Gasteiger charge is -2.31. The smallest absolute Gasteiger partial charge is 0.271 e. The number of hydrazone groups is 1. The molecule has 0 aliphatic carbocycles. The minimum absolute atomic E-state index is 0. The van der Waals surface area contributed by atoms with Crippen LogP contribution in [0.15, 0.2) is 59.7 Å². The van der Waals surface area contributed by atoms with Crippen LogP contribution >= 0.6 is 0 Å². The van der Waals surface area contributed by atoms with E-state index < -0.39 is 0 Å². The second-order valence-electron chi connectivity index (χ2n) is 22.4. The number of hydrogen-bond acceptors (Lipinski definition) is 10. The highest BCUT2D eigenvalue weighted by Gasteiger charge is 2.26. The van der Waals surface area contributed by atoms with Gasteiger partial charge in [0.15, 0.2) is 0 Å². The zero-order valence-electron chi connectivity index (χ0n) is 51.1. The molecule has 440 valence electrons. The van der Waals surface area contributed by atoms with E-state index in [1.54, 1.807) is 52.5 Å². The number of rotatable bonds is 24. The third kappa shape index (κ3) is 31.7. The van der Waals surface area contributed by atoms with E-state index in [1.165, 1.54) is 70.6 Å². The van der Waals surface area contributed by atoms with Crippen molar-refractivity contribution in [2.24, 2.45) is 33.1 Å². The Bertz CT molecular complexity index is 2130. The fourth-order valence-corrected chi connectivity index (χ4v) is 7.88. The Balaban J connectivity index is -0.000000966. The SMILES string of the molecule is C.CCCCCC/C(=N/NC(=O)c1cccc(OC)c1C)C(C)(C)C.CCCCCCC(=O)C(C)(C)C.CCCCCCC(CNC(=O)c1cccc(OC)c1C)C(C)(C)C.CCO.COc1cccc(C(=O)NN)c1C. The Hall–Kier alpha value is -5.27. The van der Waals surface area contributed by atoms with Crippen LogP contribution in [0.4, 0.5) is 0 Å². The number of aliphatic hydroxyl groups excluding tert-OH is 1. The molecule has 0 bridgehead atoms. The van der Waals surface area contributed by atoms with E-state index in [-0.39, 0.29) is 48.0 Å². The van der Waals surface area contributed by atoms with Crippen molar-refractivity contribution in [2.75, 3.05) is 34.5 Å². The Morgan fingerprint density at radius 2 is 0.935 bits per heavy atom. The van der Waals surface area contributed by atoms with Gasteiger partial charge in [0.25, 0.3) is 17.7 Å². The van der Waals surface area contributed by atoms with Crippen LogP contribution in [0.5, 0.6) is 17.2 Å². The molecule has 0 aliphatic heterocycles. The minimum Gasteiger partial charge on any atom is -0.496 e. The summed E-state index contributed by atoms with van der Waals surface area (Å²) in [6.07, 6.45) is 17.5. The number of unbranched alkanes of at least 4 members (excludes halogenated alkanes) is 9. The van der Waals surface area contributed by atoms with Crippen LogP contribution in [0, 0.1) is 42.9 Å². The van der Waals surface area contributed by atoms with Gasteiger partial charge in [-0.05, 0) is 101 Å². The average Bonchev–Trinajstić information content (AvgIpc) is 3.36. The molecular weight excluding hydrogens is 967 g/mol. The van der Waals surface area contributed by atoms with E-state index in [1.807, 2.05) is 71.9 Å². The summed E-state index contributed by atoms with van der Waals surface area (Å²) in [6.45, 7) is 34.1. The highest BCUT2D eigenvalue weighted by atomic mass is 16.5. The maximum atomic E-state index is 12.6. The van der Waals surface area contributed by atoms with Crippen molar-refractivity contribution in [1.29, 1.82) is 0 Å². The monoisotopic (exact) mass is 1080 g/mol. The lowest BCUT2D eigenvalue weighted by Crippen LogP contribution is -2.35. The second kappa shape index (κ2) is 41.8. The van der Waals surface area contributed by atoms with E-state index in [2.05, 4.69) is 83.6 Å². The number of ether oxygens (including phenoxy) is 3. The molecular formula is C64H111N5O8. The Kier molecular flexibility index (Phi) is 41.2. The van der Waals surface area contributed by atoms with Crippen LogP contribution in [0.25, 0.3) is 0 Å². The summed E-state index contributed by atoms with van der Waals surface area (Å²) in [5, 5.41) is 15.2. The van der Waals surface area contributed by atoms with Crippen LogP contribution in [-0.4, -0.2) is 68.8 Å². The summed E-state index contributed by atoms with van der Waals surface area (Å²) in [4.78, 5) is 47.7. The predicted molar refractivity (Wildman–Crippen MR) is 325 cm³/mol. The number of benzene rings is 3. The van der Waals surface area contributed by atoms with Crippen LogP contribution in [0.1, 0.15) is 242 Å². The molecule has 0 heterocycles. The van der Waals surface area contributed by atoms with Crippen molar-refractivity contribution >= 4 is 29.2 Å². The zero-order valence-corrected chi connectivity index (χ0v) is 51.1. The van der Waals surface area contributed by atoms with Crippen LogP contribution in [0.3, 0.4) is 0 Å². The molecule has 0 fully saturated rings. The predicted octanol–water partition coefficient (Wildman–Crippen LogP) is 15.3. The normalized spacial score (nSPS) is 11.4. The van der Waals surface area contributed by atoms with Crippen LogP contribution < -0.4 is 36.2 Å². The topological polar surface area (TPSA) is 191 Å².